The Hall–Kier alpha value is -1.29. The van der Waals surface area contributed by atoms with Gasteiger partial charge in [0.05, 0.1) is 7.11 Å². The number of nitrogens with zero attached hydrogens (tertiary/aromatic N) is 1. The minimum atomic E-state index is 0.0406. The van der Waals surface area contributed by atoms with Crippen LogP contribution in [0.25, 0.3) is 0 Å². The van der Waals surface area contributed by atoms with Crippen molar-refractivity contribution < 1.29 is 4.74 Å². The molecule has 0 unspecified atom stereocenters. The number of hydrogen-bond donors (Lipinski definition) is 2. The highest BCUT2D eigenvalue weighted by atomic mass is 16.5. The maximum absolute atomic E-state index is 5.99. The van der Waals surface area contributed by atoms with Crippen LogP contribution in [-0.4, -0.2) is 24.2 Å². The molecular weight excluding hydrogens is 226 g/mol. The minimum absolute atomic E-state index is 0.0406. The molecule has 1 aromatic rings. The van der Waals surface area contributed by atoms with Crippen molar-refractivity contribution >= 4 is 5.69 Å². The number of anilines is 1. The lowest BCUT2D eigenvalue weighted by Crippen LogP contribution is -2.48. The van der Waals surface area contributed by atoms with Crippen LogP contribution in [0.4, 0.5) is 5.69 Å². The number of nitrogens with two attached hydrogens (primary N) is 1. The smallest absolute Gasteiger partial charge is 0.214 e. The number of aromatic nitrogens is 1. The maximum Gasteiger partial charge on any atom is 0.214 e. The molecule has 4 nitrogen and oxygen atoms in total. The molecule has 18 heavy (non-hydrogen) atoms. The van der Waals surface area contributed by atoms with Gasteiger partial charge in [-0.05, 0) is 37.7 Å². The van der Waals surface area contributed by atoms with Crippen LogP contribution in [0.2, 0.25) is 0 Å². The van der Waals surface area contributed by atoms with Crippen molar-refractivity contribution in [3.8, 4) is 5.88 Å². The summed E-state index contributed by atoms with van der Waals surface area (Å²) in [5.74, 6) is 1.45. The minimum Gasteiger partial charge on any atom is -0.481 e. The normalized spacial score (nSPS) is 27.8. The summed E-state index contributed by atoms with van der Waals surface area (Å²) in [5.41, 5.74) is 7.08. The Balaban J connectivity index is 2.09. The predicted molar refractivity (Wildman–Crippen MR) is 73.8 cm³/mol. The van der Waals surface area contributed by atoms with E-state index in [1.807, 2.05) is 12.1 Å². The summed E-state index contributed by atoms with van der Waals surface area (Å²) in [6, 6.07) is 3.90. The number of rotatable bonds is 4. The zero-order valence-electron chi connectivity index (χ0n) is 11.3. The van der Waals surface area contributed by atoms with E-state index in [9.17, 15) is 0 Å². The zero-order valence-corrected chi connectivity index (χ0v) is 11.3. The number of hydrogen-bond acceptors (Lipinski definition) is 4. The van der Waals surface area contributed by atoms with Crippen LogP contribution in [0.3, 0.4) is 0 Å². The van der Waals surface area contributed by atoms with Gasteiger partial charge in [-0.25, -0.2) is 4.98 Å². The molecule has 1 aromatic heterocycles. The summed E-state index contributed by atoms with van der Waals surface area (Å²) in [5, 5.41) is 3.59. The van der Waals surface area contributed by atoms with Gasteiger partial charge in [0.2, 0.25) is 5.88 Å². The Morgan fingerprint density at radius 2 is 2.22 bits per heavy atom. The molecule has 1 heterocycles. The van der Waals surface area contributed by atoms with E-state index in [1.54, 1.807) is 13.3 Å². The fourth-order valence-corrected chi connectivity index (χ4v) is 2.60. The van der Waals surface area contributed by atoms with E-state index in [-0.39, 0.29) is 5.54 Å². The molecule has 0 aliphatic heterocycles. The van der Waals surface area contributed by atoms with Gasteiger partial charge in [0.1, 0.15) is 0 Å². The van der Waals surface area contributed by atoms with Gasteiger partial charge < -0.3 is 15.8 Å². The molecule has 1 fully saturated rings. The molecule has 0 bridgehead atoms. The Labute approximate surface area is 109 Å². The maximum atomic E-state index is 5.99. The number of nitrogens with one attached hydrogen (secondary N) is 1. The molecule has 0 radical (unpaired) electrons. The fourth-order valence-electron chi connectivity index (χ4n) is 2.60. The summed E-state index contributed by atoms with van der Waals surface area (Å²) < 4.78 is 5.15. The standard InChI is InChI=1S/C14H23N3O/c1-11-3-6-14(10-15,7-4-11)17-12-5-8-16-13(9-12)18-2/h5,8-9,11H,3-4,6-7,10,15H2,1-2H3,(H,16,17). The molecule has 1 aliphatic rings. The Bertz CT molecular complexity index is 386. The van der Waals surface area contributed by atoms with Crippen molar-refractivity contribution in [3.05, 3.63) is 18.3 Å². The first-order valence-corrected chi connectivity index (χ1v) is 6.66. The topological polar surface area (TPSA) is 60.2 Å². The first kappa shape index (κ1) is 13.1. The second-order valence-electron chi connectivity index (χ2n) is 5.38. The lowest BCUT2D eigenvalue weighted by Gasteiger charge is -2.40. The highest BCUT2D eigenvalue weighted by molar-refractivity contribution is 5.47. The van der Waals surface area contributed by atoms with Gasteiger partial charge in [-0.3, -0.25) is 0 Å². The molecular formula is C14H23N3O. The van der Waals surface area contributed by atoms with Gasteiger partial charge >= 0.3 is 0 Å². The summed E-state index contributed by atoms with van der Waals surface area (Å²) >= 11 is 0. The van der Waals surface area contributed by atoms with Gasteiger partial charge in [0, 0.05) is 30.0 Å². The molecule has 0 spiro atoms. The average Bonchev–Trinajstić information content (AvgIpc) is 2.42. The Morgan fingerprint density at radius 1 is 1.50 bits per heavy atom. The van der Waals surface area contributed by atoms with E-state index in [1.165, 1.54) is 12.8 Å². The monoisotopic (exact) mass is 249 g/mol. The summed E-state index contributed by atoms with van der Waals surface area (Å²) in [7, 11) is 1.63. The lowest BCUT2D eigenvalue weighted by molar-refractivity contribution is 0.271. The van der Waals surface area contributed by atoms with Crippen LogP contribution in [-0.2, 0) is 0 Å². The Kier molecular flexibility index (Phi) is 4.07. The molecule has 3 N–H and O–H groups in total. The van der Waals surface area contributed by atoms with Crippen LogP contribution < -0.4 is 15.8 Å². The summed E-state index contributed by atoms with van der Waals surface area (Å²) in [6.45, 7) is 2.99. The second kappa shape index (κ2) is 5.57. The highest BCUT2D eigenvalue weighted by Gasteiger charge is 2.32. The number of pyridine rings is 1. The largest absolute Gasteiger partial charge is 0.481 e. The average molecular weight is 249 g/mol. The van der Waals surface area contributed by atoms with Crippen molar-refractivity contribution in [2.75, 3.05) is 19.0 Å². The molecule has 0 atom stereocenters. The fraction of sp³-hybridized carbons (Fsp3) is 0.643. The van der Waals surface area contributed by atoms with E-state index in [2.05, 4.69) is 17.2 Å². The zero-order chi connectivity index (χ0) is 13.0. The molecule has 4 heteroatoms. The molecule has 100 valence electrons. The van der Waals surface area contributed by atoms with E-state index in [0.717, 1.165) is 24.4 Å². The molecule has 0 saturated heterocycles. The van der Waals surface area contributed by atoms with E-state index in [0.29, 0.717) is 12.4 Å². The van der Waals surface area contributed by atoms with Crippen LogP contribution in [0, 0.1) is 5.92 Å². The van der Waals surface area contributed by atoms with E-state index < -0.39 is 0 Å². The summed E-state index contributed by atoms with van der Waals surface area (Å²) in [4.78, 5) is 4.12. The van der Waals surface area contributed by atoms with Gasteiger partial charge in [-0.2, -0.15) is 0 Å². The van der Waals surface area contributed by atoms with Crippen molar-refractivity contribution in [2.45, 2.75) is 38.1 Å². The number of ether oxygens (including phenoxy) is 1. The molecule has 2 rings (SSSR count). The predicted octanol–water partition coefficient (Wildman–Crippen LogP) is 2.41. The summed E-state index contributed by atoms with van der Waals surface area (Å²) in [6.07, 6.45) is 6.51. The van der Waals surface area contributed by atoms with Gasteiger partial charge in [-0.15, -0.1) is 0 Å². The third-order valence-corrected chi connectivity index (χ3v) is 3.98. The van der Waals surface area contributed by atoms with Gasteiger partial charge in [-0.1, -0.05) is 6.92 Å². The lowest BCUT2D eigenvalue weighted by atomic mass is 9.77. The van der Waals surface area contributed by atoms with Crippen LogP contribution >= 0.6 is 0 Å². The van der Waals surface area contributed by atoms with Crippen LogP contribution in [0.15, 0.2) is 18.3 Å². The van der Waals surface area contributed by atoms with Crippen LogP contribution in [0.1, 0.15) is 32.6 Å². The van der Waals surface area contributed by atoms with Crippen molar-refractivity contribution in [3.63, 3.8) is 0 Å². The molecule has 0 amide bonds. The molecule has 1 saturated carbocycles. The first-order chi connectivity index (χ1) is 8.67. The van der Waals surface area contributed by atoms with Crippen molar-refractivity contribution in [2.24, 2.45) is 11.7 Å². The van der Waals surface area contributed by atoms with Gasteiger partial charge in [0.15, 0.2) is 0 Å². The third-order valence-electron chi connectivity index (χ3n) is 3.98. The van der Waals surface area contributed by atoms with Crippen molar-refractivity contribution in [1.29, 1.82) is 0 Å². The molecule has 0 aromatic carbocycles. The van der Waals surface area contributed by atoms with E-state index >= 15 is 0 Å². The quantitative estimate of drug-likeness (QED) is 0.860. The Morgan fingerprint density at radius 3 is 2.83 bits per heavy atom. The number of methoxy groups -OCH3 is 1. The third kappa shape index (κ3) is 2.93. The highest BCUT2D eigenvalue weighted by Crippen LogP contribution is 2.34. The van der Waals surface area contributed by atoms with Gasteiger partial charge in [0.25, 0.3) is 0 Å². The van der Waals surface area contributed by atoms with Crippen molar-refractivity contribution in [1.82, 2.24) is 4.98 Å². The van der Waals surface area contributed by atoms with E-state index in [4.69, 9.17) is 10.5 Å². The second-order valence-corrected chi connectivity index (χ2v) is 5.38. The SMILES string of the molecule is COc1cc(NC2(CN)CCC(C)CC2)ccn1. The van der Waals surface area contributed by atoms with Crippen LogP contribution in [0.5, 0.6) is 5.88 Å². The first-order valence-electron chi connectivity index (χ1n) is 6.66. The molecule has 1 aliphatic carbocycles.